The van der Waals surface area contributed by atoms with Crippen LogP contribution < -0.4 is 5.73 Å². The molecule has 2 N–H and O–H groups in total. The first-order chi connectivity index (χ1) is 8.70. The van der Waals surface area contributed by atoms with E-state index in [2.05, 4.69) is 12.1 Å². The van der Waals surface area contributed by atoms with Gasteiger partial charge in [0.15, 0.2) is 0 Å². The summed E-state index contributed by atoms with van der Waals surface area (Å²) in [4.78, 5) is 11.5. The molecule has 0 aliphatic heterocycles. The van der Waals surface area contributed by atoms with Crippen molar-refractivity contribution >= 4 is 27.7 Å². The standard InChI is InChI=1S/C15H14N2O/c1-10(15(16)18)17-13-8-4-2-6-11(13)12-7-3-5-9-14(12)17/h2-10H,1H3,(H2,16,18). The predicted molar refractivity (Wildman–Crippen MR) is 73.3 cm³/mol. The highest BCUT2D eigenvalue weighted by atomic mass is 16.1. The van der Waals surface area contributed by atoms with Crippen LogP contribution in [0.2, 0.25) is 0 Å². The first-order valence-electron chi connectivity index (χ1n) is 5.97. The van der Waals surface area contributed by atoms with Gasteiger partial charge >= 0.3 is 0 Å². The van der Waals surface area contributed by atoms with Crippen LogP contribution in [0.1, 0.15) is 13.0 Å². The van der Waals surface area contributed by atoms with E-state index < -0.39 is 0 Å². The molecule has 1 unspecified atom stereocenters. The molecule has 0 radical (unpaired) electrons. The van der Waals surface area contributed by atoms with Crippen LogP contribution in [0.5, 0.6) is 0 Å². The molecule has 0 bridgehead atoms. The summed E-state index contributed by atoms with van der Waals surface area (Å²) in [6.07, 6.45) is 0. The van der Waals surface area contributed by atoms with Crippen molar-refractivity contribution in [3.63, 3.8) is 0 Å². The van der Waals surface area contributed by atoms with E-state index in [1.807, 2.05) is 47.9 Å². The lowest BCUT2D eigenvalue weighted by atomic mass is 10.2. The number of fused-ring (bicyclic) bond motifs is 3. The highest BCUT2D eigenvalue weighted by Crippen LogP contribution is 2.31. The Kier molecular flexibility index (Phi) is 2.33. The van der Waals surface area contributed by atoms with E-state index in [0.29, 0.717) is 0 Å². The van der Waals surface area contributed by atoms with Crippen molar-refractivity contribution in [2.24, 2.45) is 5.73 Å². The number of hydrogen-bond donors (Lipinski definition) is 1. The summed E-state index contributed by atoms with van der Waals surface area (Å²) in [5.74, 6) is -0.318. The number of nitrogens with two attached hydrogens (primary N) is 1. The Hall–Kier alpha value is -2.29. The first-order valence-corrected chi connectivity index (χ1v) is 5.97. The van der Waals surface area contributed by atoms with Crippen molar-refractivity contribution in [1.29, 1.82) is 0 Å². The number of aromatic nitrogens is 1. The molecule has 18 heavy (non-hydrogen) atoms. The second-order valence-electron chi connectivity index (χ2n) is 4.48. The minimum atomic E-state index is -0.352. The van der Waals surface area contributed by atoms with Crippen molar-refractivity contribution in [1.82, 2.24) is 4.57 Å². The fraction of sp³-hybridized carbons (Fsp3) is 0.133. The lowest BCUT2D eigenvalue weighted by Gasteiger charge is -2.12. The van der Waals surface area contributed by atoms with Gasteiger partial charge in [-0.15, -0.1) is 0 Å². The van der Waals surface area contributed by atoms with Gasteiger partial charge in [-0.05, 0) is 19.1 Å². The molecule has 0 aliphatic carbocycles. The molecule has 0 saturated carbocycles. The molecule has 3 aromatic rings. The monoisotopic (exact) mass is 238 g/mol. The van der Waals surface area contributed by atoms with Crippen LogP contribution in [0, 0.1) is 0 Å². The molecule has 0 aliphatic rings. The van der Waals surface area contributed by atoms with E-state index in [4.69, 9.17) is 5.73 Å². The lowest BCUT2D eigenvalue weighted by Crippen LogP contribution is -2.23. The Balaban J connectivity index is 2.49. The van der Waals surface area contributed by atoms with Crippen LogP contribution in [-0.2, 0) is 4.79 Å². The fourth-order valence-corrected chi connectivity index (χ4v) is 2.50. The second-order valence-corrected chi connectivity index (χ2v) is 4.48. The minimum Gasteiger partial charge on any atom is -0.368 e. The minimum absolute atomic E-state index is 0.318. The molecule has 3 rings (SSSR count). The molecule has 1 amide bonds. The van der Waals surface area contributed by atoms with E-state index >= 15 is 0 Å². The molecule has 3 nitrogen and oxygen atoms in total. The molecule has 0 saturated heterocycles. The summed E-state index contributed by atoms with van der Waals surface area (Å²) in [5, 5.41) is 2.31. The van der Waals surface area contributed by atoms with E-state index in [-0.39, 0.29) is 11.9 Å². The maximum absolute atomic E-state index is 11.5. The van der Waals surface area contributed by atoms with E-state index in [1.165, 1.54) is 0 Å². The zero-order valence-corrected chi connectivity index (χ0v) is 10.1. The van der Waals surface area contributed by atoms with Crippen molar-refractivity contribution in [3.05, 3.63) is 48.5 Å². The third-order valence-corrected chi connectivity index (χ3v) is 3.42. The summed E-state index contributed by atoms with van der Waals surface area (Å²) in [5.41, 5.74) is 7.54. The number of carbonyl (C=O) groups excluding carboxylic acids is 1. The number of carbonyl (C=O) groups is 1. The van der Waals surface area contributed by atoms with Crippen LogP contribution in [0.15, 0.2) is 48.5 Å². The topological polar surface area (TPSA) is 48.0 Å². The molecule has 90 valence electrons. The fourth-order valence-electron chi connectivity index (χ4n) is 2.50. The zero-order valence-electron chi connectivity index (χ0n) is 10.1. The first kappa shape index (κ1) is 10.8. The molecule has 1 aromatic heterocycles. The Bertz CT molecular complexity index is 689. The Morgan fingerprint density at radius 1 is 1.00 bits per heavy atom. The SMILES string of the molecule is CC(C(N)=O)n1c2ccccc2c2ccccc21. The smallest absolute Gasteiger partial charge is 0.240 e. The van der Waals surface area contributed by atoms with Crippen LogP contribution >= 0.6 is 0 Å². The highest BCUT2D eigenvalue weighted by Gasteiger charge is 2.17. The summed E-state index contributed by atoms with van der Waals surface area (Å²) in [6.45, 7) is 1.83. The van der Waals surface area contributed by atoms with Gasteiger partial charge in [-0.3, -0.25) is 4.79 Å². The third-order valence-electron chi connectivity index (χ3n) is 3.42. The van der Waals surface area contributed by atoms with E-state index in [0.717, 1.165) is 21.8 Å². The second kappa shape index (κ2) is 3.88. The summed E-state index contributed by atoms with van der Waals surface area (Å²) in [7, 11) is 0. The number of nitrogens with zero attached hydrogens (tertiary/aromatic N) is 1. The highest BCUT2D eigenvalue weighted by molar-refractivity contribution is 6.08. The average Bonchev–Trinajstić information content (AvgIpc) is 2.72. The molecule has 0 fully saturated rings. The summed E-state index contributed by atoms with van der Waals surface area (Å²) < 4.78 is 2.01. The van der Waals surface area contributed by atoms with E-state index in [1.54, 1.807) is 0 Å². The van der Waals surface area contributed by atoms with Crippen LogP contribution in [0.4, 0.5) is 0 Å². The number of rotatable bonds is 2. The van der Waals surface area contributed by atoms with Crippen molar-refractivity contribution in [2.75, 3.05) is 0 Å². The lowest BCUT2D eigenvalue weighted by molar-refractivity contribution is -0.120. The maximum Gasteiger partial charge on any atom is 0.240 e. The van der Waals surface area contributed by atoms with Crippen molar-refractivity contribution in [3.8, 4) is 0 Å². The maximum atomic E-state index is 11.5. The molecule has 2 aromatic carbocycles. The summed E-state index contributed by atoms with van der Waals surface area (Å²) >= 11 is 0. The third kappa shape index (κ3) is 1.40. The van der Waals surface area contributed by atoms with Gasteiger partial charge in [0.25, 0.3) is 0 Å². The van der Waals surface area contributed by atoms with Gasteiger partial charge in [-0.1, -0.05) is 36.4 Å². The van der Waals surface area contributed by atoms with Gasteiger partial charge in [0, 0.05) is 21.8 Å². The van der Waals surface area contributed by atoms with Gasteiger partial charge in [0.1, 0.15) is 6.04 Å². The van der Waals surface area contributed by atoms with Gasteiger partial charge in [0.2, 0.25) is 5.91 Å². The Morgan fingerprint density at radius 3 is 1.89 bits per heavy atom. The average molecular weight is 238 g/mol. The molecular weight excluding hydrogens is 224 g/mol. The Morgan fingerprint density at radius 2 is 1.44 bits per heavy atom. The Labute approximate surface area is 105 Å². The molecule has 1 atom stereocenters. The van der Waals surface area contributed by atoms with E-state index in [9.17, 15) is 4.79 Å². The molecule has 1 heterocycles. The number of para-hydroxylation sites is 2. The zero-order chi connectivity index (χ0) is 12.7. The van der Waals surface area contributed by atoms with Crippen LogP contribution in [0.25, 0.3) is 21.8 Å². The normalized spacial score (nSPS) is 12.9. The van der Waals surface area contributed by atoms with Crippen molar-refractivity contribution < 1.29 is 4.79 Å². The van der Waals surface area contributed by atoms with Gasteiger partial charge in [-0.2, -0.15) is 0 Å². The summed E-state index contributed by atoms with van der Waals surface area (Å²) in [6, 6.07) is 15.8. The van der Waals surface area contributed by atoms with Crippen LogP contribution in [0.3, 0.4) is 0 Å². The number of primary amides is 1. The number of benzene rings is 2. The van der Waals surface area contributed by atoms with Gasteiger partial charge in [0.05, 0.1) is 0 Å². The predicted octanol–water partition coefficient (Wildman–Crippen LogP) is 2.84. The number of amides is 1. The van der Waals surface area contributed by atoms with Gasteiger partial charge < -0.3 is 10.3 Å². The van der Waals surface area contributed by atoms with Crippen molar-refractivity contribution in [2.45, 2.75) is 13.0 Å². The van der Waals surface area contributed by atoms with Crippen LogP contribution in [-0.4, -0.2) is 10.5 Å². The largest absolute Gasteiger partial charge is 0.368 e. The molecule has 3 heteroatoms. The van der Waals surface area contributed by atoms with Gasteiger partial charge in [-0.25, -0.2) is 0 Å². The molecular formula is C15H14N2O. The quantitative estimate of drug-likeness (QED) is 0.733. The number of hydrogen-bond acceptors (Lipinski definition) is 1. The molecule has 0 spiro atoms.